The molecule has 9 heteroatoms. The molecule has 0 saturated heterocycles. The van der Waals surface area contributed by atoms with Gasteiger partial charge in [-0.2, -0.15) is 13.2 Å². The number of alkyl halides is 3. The topological polar surface area (TPSA) is 95.9 Å². The van der Waals surface area contributed by atoms with Gasteiger partial charge in [-0.25, -0.2) is 4.79 Å². The molecule has 0 radical (unpaired) electrons. The number of hydrogen-bond acceptors (Lipinski definition) is 4. The smallest absolute Gasteiger partial charge is 0.413 e. The van der Waals surface area contributed by atoms with Gasteiger partial charge in [0.15, 0.2) is 6.04 Å². The molecule has 2 atom stereocenters. The molecule has 21 heavy (non-hydrogen) atoms. The van der Waals surface area contributed by atoms with E-state index in [1.807, 2.05) is 0 Å². The zero-order valence-electron chi connectivity index (χ0n) is 10.5. The minimum atomic E-state index is -5.02. The number of benzene rings is 1. The van der Waals surface area contributed by atoms with Gasteiger partial charge in [0.05, 0.1) is 12.5 Å². The molecular weight excluding hydrogens is 295 g/mol. The van der Waals surface area contributed by atoms with E-state index in [4.69, 9.17) is 5.11 Å². The van der Waals surface area contributed by atoms with Crippen molar-refractivity contribution < 1.29 is 37.7 Å². The predicted octanol–water partition coefficient (Wildman–Crippen LogP) is 1.54. The van der Waals surface area contributed by atoms with Crippen LogP contribution in [0.2, 0.25) is 0 Å². The molecule has 0 aliphatic heterocycles. The number of hydrogen-bond donors (Lipinski definition) is 3. The molecule has 6 nitrogen and oxygen atoms in total. The van der Waals surface area contributed by atoms with Crippen molar-refractivity contribution in [3.8, 4) is 5.75 Å². The summed E-state index contributed by atoms with van der Waals surface area (Å²) in [5.41, 5.74) is 0. The second kappa shape index (κ2) is 6.93. The molecule has 3 N–H and O–H groups in total. The molecule has 0 aromatic heterocycles. The minimum absolute atomic E-state index is 0.00338. The van der Waals surface area contributed by atoms with Crippen molar-refractivity contribution in [3.63, 3.8) is 0 Å². The van der Waals surface area contributed by atoms with Crippen molar-refractivity contribution in [1.29, 1.82) is 0 Å². The third-order valence-corrected chi connectivity index (χ3v) is 2.35. The lowest BCUT2D eigenvalue weighted by atomic mass is 10.1. The molecule has 0 aliphatic rings. The molecule has 0 spiro atoms. The summed E-state index contributed by atoms with van der Waals surface area (Å²) in [7, 11) is 0. The van der Waals surface area contributed by atoms with Gasteiger partial charge < -0.3 is 20.3 Å². The van der Waals surface area contributed by atoms with E-state index < -0.39 is 36.8 Å². The maximum Gasteiger partial charge on any atom is 0.413 e. The highest BCUT2D eigenvalue weighted by atomic mass is 19.4. The van der Waals surface area contributed by atoms with Crippen LogP contribution < -0.4 is 10.1 Å². The van der Waals surface area contributed by atoms with Crippen LogP contribution in [0.25, 0.3) is 0 Å². The quantitative estimate of drug-likeness (QED) is 0.767. The van der Waals surface area contributed by atoms with Gasteiger partial charge in [-0.3, -0.25) is 4.79 Å². The molecule has 0 heterocycles. The van der Waals surface area contributed by atoms with Crippen LogP contribution in [0.4, 0.5) is 18.0 Å². The van der Waals surface area contributed by atoms with Crippen molar-refractivity contribution in [2.45, 2.75) is 24.7 Å². The van der Waals surface area contributed by atoms with Gasteiger partial charge in [0.1, 0.15) is 5.75 Å². The van der Waals surface area contributed by atoms with Crippen molar-refractivity contribution in [3.05, 3.63) is 30.3 Å². The average molecular weight is 307 g/mol. The minimum Gasteiger partial charge on any atom is -0.481 e. The molecule has 1 amide bonds. The zero-order valence-corrected chi connectivity index (χ0v) is 10.5. The zero-order chi connectivity index (χ0) is 16.0. The van der Waals surface area contributed by atoms with Crippen LogP contribution in [0.5, 0.6) is 5.75 Å². The molecule has 0 unspecified atom stereocenters. The van der Waals surface area contributed by atoms with Gasteiger partial charge in [-0.1, -0.05) is 18.2 Å². The highest BCUT2D eigenvalue weighted by Gasteiger charge is 2.46. The fourth-order valence-corrected chi connectivity index (χ4v) is 1.44. The lowest BCUT2D eigenvalue weighted by Gasteiger charge is -2.24. The number of ether oxygens (including phenoxy) is 1. The van der Waals surface area contributed by atoms with Crippen LogP contribution in [0.1, 0.15) is 6.42 Å². The largest absolute Gasteiger partial charge is 0.481 e. The van der Waals surface area contributed by atoms with Gasteiger partial charge in [0, 0.05) is 0 Å². The number of aliphatic hydroxyl groups excluding tert-OH is 1. The van der Waals surface area contributed by atoms with Crippen LogP contribution in [0.3, 0.4) is 0 Å². The van der Waals surface area contributed by atoms with E-state index in [-0.39, 0.29) is 5.75 Å². The molecule has 0 bridgehead atoms. The summed E-state index contributed by atoms with van der Waals surface area (Å²) in [6.45, 7) is 0. The first kappa shape index (κ1) is 16.8. The van der Waals surface area contributed by atoms with Crippen molar-refractivity contribution in [2.75, 3.05) is 0 Å². The first-order valence-corrected chi connectivity index (χ1v) is 5.70. The molecule has 0 saturated carbocycles. The molecule has 1 aromatic rings. The third-order valence-electron chi connectivity index (χ3n) is 2.35. The number of carbonyl (C=O) groups is 2. The monoisotopic (exact) mass is 307 g/mol. The van der Waals surface area contributed by atoms with Gasteiger partial charge in [-0.15, -0.1) is 0 Å². The maximum absolute atomic E-state index is 12.7. The summed E-state index contributed by atoms with van der Waals surface area (Å²) in [6.07, 6.45) is -9.97. The standard InChI is InChI=1S/C12H12F3NO5/c13-12(14,15)10(8(17)6-9(18)19)16-11(20)21-7-4-2-1-3-5-7/h1-5,8,10,17H,6H2,(H,16,20)(H,18,19)/t8-,10+/m0/s1. The number of carboxylic acids is 1. The Morgan fingerprint density at radius 3 is 2.29 bits per heavy atom. The summed E-state index contributed by atoms with van der Waals surface area (Å²) < 4.78 is 42.7. The van der Waals surface area contributed by atoms with E-state index >= 15 is 0 Å². The van der Waals surface area contributed by atoms with Gasteiger partial charge in [0.2, 0.25) is 0 Å². The number of carbonyl (C=O) groups excluding carboxylic acids is 1. The van der Waals surface area contributed by atoms with E-state index in [9.17, 15) is 27.9 Å². The highest BCUT2D eigenvalue weighted by molar-refractivity contribution is 5.71. The molecule has 0 aliphatic carbocycles. The number of aliphatic carboxylic acids is 1. The normalized spacial score (nSPS) is 14.1. The Labute approximate surface area is 117 Å². The van der Waals surface area contributed by atoms with Crippen molar-refractivity contribution in [1.82, 2.24) is 5.32 Å². The average Bonchev–Trinajstić information content (AvgIpc) is 2.34. The first-order valence-electron chi connectivity index (χ1n) is 5.70. The predicted molar refractivity (Wildman–Crippen MR) is 63.7 cm³/mol. The Morgan fingerprint density at radius 2 is 1.81 bits per heavy atom. The van der Waals surface area contributed by atoms with Crippen LogP contribution in [-0.2, 0) is 4.79 Å². The SMILES string of the molecule is O=C(O)C[C@H](O)[C@@H](NC(=O)Oc1ccccc1)C(F)(F)F. The van der Waals surface area contributed by atoms with Crippen LogP contribution in [0, 0.1) is 0 Å². The Bertz CT molecular complexity index is 491. The summed E-state index contributed by atoms with van der Waals surface area (Å²) in [6, 6.07) is 4.56. The highest BCUT2D eigenvalue weighted by Crippen LogP contribution is 2.24. The maximum atomic E-state index is 12.7. The Morgan fingerprint density at radius 1 is 1.24 bits per heavy atom. The molecule has 0 fully saturated rings. The summed E-state index contributed by atoms with van der Waals surface area (Å²) in [5.74, 6) is -1.63. The van der Waals surface area contributed by atoms with Gasteiger partial charge in [-0.05, 0) is 12.1 Å². The number of carboxylic acid groups (broad SMARTS) is 1. The Kier molecular flexibility index (Phi) is 5.53. The fraction of sp³-hybridized carbons (Fsp3) is 0.333. The number of rotatable bonds is 5. The van der Waals surface area contributed by atoms with Gasteiger partial charge >= 0.3 is 18.2 Å². The lowest BCUT2D eigenvalue weighted by molar-refractivity contribution is -0.178. The van der Waals surface area contributed by atoms with E-state index in [1.54, 1.807) is 6.07 Å². The summed E-state index contributed by atoms with van der Waals surface area (Å²) in [5, 5.41) is 19.1. The van der Waals surface area contributed by atoms with E-state index in [0.29, 0.717) is 0 Å². The summed E-state index contributed by atoms with van der Waals surface area (Å²) >= 11 is 0. The number of nitrogens with one attached hydrogen (secondary N) is 1. The Balaban J connectivity index is 2.72. The first-order chi connectivity index (χ1) is 9.70. The number of para-hydroxylation sites is 1. The van der Waals surface area contributed by atoms with Crippen LogP contribution in [0.15, 0.2) is 30.3 Å². The fourth-order valence-electron chi connectivity index (χ4n) is 1.44. The number of amides is 1. The summed E-state index contributed by atoms with van der Waals surface area (Å²) in [4.78, 5) is 21.7. The van der Waals surface area contributed by atoms with Gasteiger partial charge in [0.25, 0.3) is 0 Å². The molecule has 1 rings (SSSR count). The molecular formula is C12H12F3NO5. The number of halogens is 3. The second-order valence-corrected chi connectivity index (χ2v) is 4.03. The van der Waals surface area contributed by atoms with E-state index in [0.717, 1.165) is 0 Å². The van der Waals surface area contributed by atoms with E-state index in [1.165, 1.54) is 29.6 Å². The second-order valence-electron chi connectivity index (χ2n) is 4.03. The molecule has 116 valence electrons. The van der Waals surface area contributed by atoms with E-state index in [2.05, 4.69) is 4.74 Å². The number of aliphatic hydroxyl groups is 1. The lowest BCUT2D eigenvalue weighted by Crippen LogP contribution is -2.54. The third kappa shape index (κ3) is 5.69. The van der Waals surface area contributed by atoms with Crippen LogP contribution >= 0.6 is 0 Å². The Hall–Kier alpha value is -2.29. The van der Waals surface area contributed by atoms with Crippen molar-refractivity contribution in [2.24, 2.45) is 0 Å². The molecule has 1 aromatic carbocycles. The van der Waals surface area contributed by atoms with Crippen LogP contribution in [-0.4, -0.2) is 40.6 Å². The van der Waals surface area contributed by atoms with Crippen molar-refractivity contribution >= 4 is 12.1 Å².